The molecule has 0 bridgehead atoms. The summed E-state index contributed by atoms with van der Waals surface area (Å²) >= 11 is 0. The zero-order valence-corrected chi connectivity index (χ0v) is 14.2. The van der Waals surface area contributed by atoms with Crippen LogP contribution in [0.1, 0.15) is 46.5 Å². The minimum Gasteiger partial charge on any atom is -1.00 e. The molecule has 0 unspecified atom stereocenters. The standard InChI is InChI=1S/C11H17.2ClH.Hf/c1-4-9-7-10(5-2)11(6-3)8-9;;;/h4-7H2,1-3H3;2*1H;/q-1;;;/p-2. The topological polar surface area (TPSA) is 0 Å². The summed E-state index contributed by atoms with van der Waals surface area (Å²) in [6.45, 7) is 6.68. The largest absolute Gasteiger partial charge is 1.00 e. The zero-order chi connectivity index (χ0) is 8.27. The van der Waals surface area contributed by atoms with E-state index < -0.39 is 0 Å². The number of hydrogen-bond acceptors (Lipinski definition) is 0. The molecule has 0 aromatic carbocycles. The first-order valence-electron chi connectivity index (χ1n) is 4.64. The van der Waals surface area contributed by atoms with Gasteiger partial charge in [-0.2, -0.15) is 5.57 Å². The molecule has 1 aliphatic rings. The van der Waals surface area contributed by atoms with Gasteiger partial charge in [0.05, 0.1) is 0 Å². The van der Waals surface area contributed by atoms with Crippen LogP contribution in [0, 0.1) is 6.08 Å². The average molecular weight is 399 g/mol. The molecule has 1 aliphatic carbocycles. The Kier molecular flexibility index (Phi) is 15.2. The molecule has 82 valence electrons. The van der Waals surface area contributed by atoms with E-state index in [2.05, 4.69) is 26.8 Å². The van der Waals surface area contributed by atoms with Gasteiger partial charge in [0.25, 0.3) is 0 Å². The van der Waals surface area contributed by atoms with Crippen molar-refractivity contribution in [2.45, 2.75) is 46.5 Å². The van der Waals surface area contributed by atoms with Crippen LogP contribution in [0.25, 0.3) is 0 Å². The summed E-state index contributed by atoms with van der Waals surface area (Å²) in [6.07, 6.45) is 8.23. The molecule has 0 aliphatic heterocycles. The van der Waals surface area contributed by atoms with E-state index in [1.807, 2.05) is 0 Å². The van der Waals surface area contributed by atoms with Crippen LogP contribution in [0.5, 0.6) is 0 Å². The molecule has 0 N–H and O–H groups in total. The smallest absolute Gasteiger partial charge is 0 e. The van der Waals surface area contributed by atoms with Crippen LogP contribution < -0.4 is 24.8 Å². The van der Waals surface area contributed by atoms with Crippen molar-refractivity contribution >= 4 is 0 Å². The Bertz CT molecular complexity index is 207. The molecule has 0 saturated heterocycles. The molecule has 0 fully saturated rings. The van der Waals surface area contributed by atoms with E-state index in [1.165, 1.54) is 30.4 Å². The molecule has 0 spiro atoms. The maximum Gasteiger partial charge on any atom is 0 e. The van der Waals surface area contributed by atoms with Gasteiger partial charge in [-0.05, 0) is 0 Å². The fourth-order valence-corrected chi connectivity index (χ4v) is 1.60. The van der Waals surface area contributed by atoms with Crippen LogP contribution >= 0.6 is 0 Å². The molecule has 0 amide bonds. The van der Waals surface area contributed by atoms with Crippen LogP contribution in [0.15, 0.2) is 16.7 Å². The van der Waals surface area contributed by atoms with E-state index in [4.69, 9.17) is 0 Å². The molecule has 0 saturated carbocycles. The second-order valence-electron chi connectivity index (χ2n) is 3.05. The van der Waals surface area contributed by atoms with Crippen molar-refractivity contribution in [2.75, 3.05) is 0 Å². The number of hydrogen-bond donors (Lipinski definition) is 0. The molecule has 0 aromatic heterocycles. The first-order valence-corrected chi connectivity index (χ1v) is 4.64. The third kappa shape index (κ3) is 5.14. The quantitative estimate of drug-likeness (QED) is 0.369. The van der Waals surface area contributed by atoms with Crippen LogP contribution in [0.4, 0.5) is 0 Å². The van der Waals surface area contributed by atoms with Gasteiger partial charge in [-0.3, -0.25) is 0 Å². The number of rotatable bonds is 3. The summed E-state index contributed by atoms with van der Waals surface area (Å²) in [7, 11) is 0. The Morgan fingerprint density at radius 3 is 1.86 bits per heavy atom. The summed E-state index contributed by atoms with van der Waals surface area (Å²) in [5.74, 6) is 0. The Hall–Kier alpha value is 0.930. The molecule has 3 heteroatoms. The molecule has 0 aromatic rings. The minimum atomic E-state index is 0. The molecule has 1 rings (SSSR count). The van der Waals surface area contributed by atoms with Gasteiger partial charge in [0.1, 0.15) is 0 Å². The summed E-state index contributed by atoms with van der Waals surface area (Å²) in [4.78, 5) is 0. The minimum absolute atomic E-state index is 0. The first-order chi connectivity index (χ1) is 5.31. The maximum atomic E-state index is 3.49. The Labute approximate surface area is 119 Å². The van der Waals surface area contributed by atoms with Crippen molar-refractivity contribution in [1.82, 2.24) is 0 Å². The second kappa shape index (κ2) is 10.4. The molecule has 0 nitrogen and oxygen atoms in total. The molecule has 0 atom stereocenters. The van der Waals surface area contributed by atoms with Gasteiger partial charge in [-0.15, -0.1) is 6.42 Å². The third-order valence-electron chi connectivity index (χ3n) is 2.39. The predicted octanol–water partition coefficient (Wildman–Crippen LogP) is -2.35. The SMILES string of the molecule is CCC1=[C-]C(CC)=C(CC)C1.[Cl-].[Cl-].[Hf]. The Balaban J connectivity index is -0.000000403. The normalized spacial score (nSPS) is 13.8. The van der Waals surface area contributed by atoms with Crippen molar-refractivity contribution in [3.63, 3.8) is 0 Å². The van der Waals surface area contributed by atoms with E-state index in [1.54, 1.807) is 5.57 Å². The van der Waals surface area contributed by atoms with Gasteiger partial charge in [-0.1, -0.05) is 40.0 Å². The van der Waals surface area contributed by atoms with Gasteiger partial charge < -0.3 is 24.8 Å². The molecular formula is C11H17Cl2Hf-3. The average Bonchev–Trinajstić information content (AvgIpc) is 2.46. The maximum absolute atomic E-state index is 3.49. The predicted molar refractivity (Wildman–Crippen MR) is 49.3 cm³/mol. The summed E-state index contributed by atoms with van der Waals surface area (Å²) in [6, 6.07) is 0. The molecule has 14 heavy (non-hydrogen) atoms. The number of halogens is 2. The van der Waals surface area contributed by atoms with E-state index in [0.29, 0.717) is 0 Å². The molecule has 0 heterocycles. The monoisotopic (exact) mass is 399 g/mol. The van der Waals surface area contributed by atoms with E-state index in [-0.39, 0.29) is 50.7 Å². The molecular weight excluding hydrogens is 382 g/mol. The number of allylic oxidation sites excluding steroid dienone is 4. The van der Waals surface area contributed by atoms with E-state index >= 15 is 0 Å². The van der Waals surface area contributed by atoms with Crippen molar-refractivity contribution in [2.24, 2.45) is 0 Å². The van der Waals surface area contributed by atoms with Crippen LogP contribution in [0.3, 0.4) is 0 Å². The zero-order valence-electron chi connectivity index (χ0n) is 9.08. The first kappa shape index (κ1) is 20.4. The van der Waals surface area contributed by atoms with Crippen molar-refractivity contribution < 1.29 is 50.7 Å². The van der Waals surface area contributed by atoms with Crippen LogP contribution in [0.2, 0.25) is 0 Å². The second-order valence-corrected chi connectivity index (χ2v) is 3.05. The summed E-state index contributed by atoms with van der Waals surface area (Å²) in [5, 5.41) is 0. The summed E-state index contributed by atoms with van der Waals surface area (Å²) in [5.41, 5.74) is 4.59. The molecule has 0 radical (unpaired) electrons. The van der Waals surface area contributed by atoms with Crippen molar-refractivity contribution in [1.29, 1.82) is 0 Å². The fourth-order valence-electron chi connectivity index (χ4n) is 1.60. The fraction of sp³-hybridized carbons (Fsp3) is 0.636. The van der Waals surface area contributed by atoms with Crippen molar-refractivity contribution in [3.8, 4) is 0 Å². The van der Waals surface area contributed by atoms with E-state index in [0.717, 1.165) is 6.42 Å². The van der Waals surface area contributed by atoms with Gasteiger partial charge in [0.15, 0.2) is 0 Å². The Morgan fingerprint density at radius 1 is 1.00 bits per heavy atom. The van der Waals surface area contributed by atoms with Crippen molar-refractivity contribution in [3.05, 3.63) is 22.8 Å². The van der Waals surface area contributed by atoms with Gasteiger partial charge in [0.2, 0.25) is 0 Å². The van der Waals surface area contributed by atoms with Crippen LogP contribution in [-0.4, -0.2) is 0 Å². The van der Waals surface area contributed by atoms with Crippen LogP contribution in [-0.2, 0) is 25.8 Å². The van der Waals surface area contributed by atoms with Gasteiger partial charge in [0, 0.05) is 25.8 Å². The Morgan fingerprint density at radius 2 is 1.57 bits per heavy atom. The third-order valence-corrected chi connectivity index (χ3v) is 2.39. The summed E-state index contributed by atoms with van der Waals surface area (Å²) < 4.78 is 0. The van der Waals surface area contributed by atoms with E-state index in [9.17, 15) is 0 Å². The van der Waals surface area contributed by atoms with Gasteiger partial charge >= 0.3 is 0 Å². The van der Waals surface area contributed by atoms with Gasteiger partial charge in [-0.25, -0.2) is 17.2 Å².